The van der Waals surface area contributed by atoms with Crippen LogP contribution in [0.15, 0.2) is 126 Å². The normalized spacial score (nSPS) is 11.1. The second kappa shape index (κ2) is 13.0. The number of aromatic nitrogens is 2. The van der Waals surface area contributed by atoms with Crippen LogP contribution in [-0.2, 0) is 20.1 Å². The van der Waals surface area contributed by atoms with E-state index in [1.165, 1.54) is 21.9 Å². The minimum absolute atomic E-state index is 0. The van der Waals surface area contributed by atoms with Crippen molar-refractivity contribution in [3.63, 3.8) is 0 Å². The van der Waals surface area contributed by atoms with E-state index in [-0.39, 0.29) is 20.1 Å². The van der Waals surface area contributed by atoms with Gasteiger partial charge in [0.25, 0.3) is 0 Å². The van der Waals surface area contributed by atoms with Crippen molar-refractivity contribution in [3.8, 4) is 33.6 Å². The van der Waals surface area contributed by atoms with Crippen molar-refractivity contribution in [2.45, 2.75) is 26.6 Å². The van der Waals surface area contributed by atoms with Gasteiger partial charge in [-0.1, -0.05) is 110 Å². The molecule has 3 heterocycles. The van der Waals surface area contributed by atoms with E-state index in [9.17, 15) is 0 Å². The molecule has 43 heavy (non-hydrogen) atoms. The maximum atomic E-state index is 6.15. The first-order chi connectivity index (χ1) is 20.4. The van der Waals surface area contributed by atoms with E-state index in [0.29, 0.717) is 0 Å². The third kappa shape index (κ3) is 6.60. The molecule has 0 saturated carbocycles. The zero-order valence-electron chi connectivity index (χ0n) is 24.7. The third-order valence-electron chi connectivity index (χ3n) is 7.39. The van der Waals surface area contributed by atoms with Crippen LogP contribution in [0, 0.1) is 19.1 Å². The summed E-state index contributed by atoms with van der Waals surface area (Å²) in [5.41, 5.74) is 9.21. The summed E-state index contributed by atoms with van der Waals surface area (Å²) in [6.07, 6.45) is 3.82. The van der Waals surface area contributed by atoms with Crippen LogP contribution in [0.25, 0.3) is 55.6 Å². The van der Waals surface area contributed by atoms with Crippen molar-refractivity contribution >= 4 is 35.2 Å². The van der Waals surface area contributed by atoms with Crippen LogP contribution in [-0.4, -0.2) is 18.0 Å². The van der Waals surface area contributed by atoms with Gasteiger partial charge in [-0.15, -0.1) is 53.1 Å². The molecule has 1 radical (unpaired) electrons. The van der Waals surface area contributed by atoms with Gasteiger partial charge in [0.05, 0.1) is 13.7 Å². The topological polar surface area (TPSA) is 38.9 Å². The Balaban J connectivity index is 0.000000174. The number of rotatable bonds is 4. The van der Waals surface area contributed by atoms with E-state index in [1.54, 1.807) is 6.20 Å². The van der Waals surface area contributed by atoms with Gasteiger partial charge in [-0.3, -0.25) is 0 Å². The van der Waals surface area contributed by atoms with Gasteiger partial charge < -0.3 is 14.4 Å². The zero-order chi connectivity index (χ0) is 29.1. The van der Waals surface area contributed by atoms with Gasteiger partial charge in [-0.2, -0.15) is 0 Å². The number of aryl methyl sites for hydroxylation is 1. The third-order valence-corrected chi connectivity index (χ3v) is 9.41. The second-order valence-electron chi connectivity index (χ2n) is 11.4. The van der Waals surface area contributed by atoms with Gasteiger partial charge >= 0.3 is 0 Å². The van der Waals surface area contributed by atoms with E-state index >= 15 is 0 Å². The zero-order valence-corrected chi connectivity index (χ0v) is 28.1. The fourth-order valence-electron chi connectivity index (χ4n) is 5.05. The fraction of sp³-hybridized carbons (Fsp3) is 0.105. The number of para-hydroxylation sites is 1. The summed E-state index contributed by atoms with van der Waals surface area (Å²) in [5.74, 6) is 0. The predicted molar refractivity (Wildman–Crippen MR) is 177 cm³/mol. The average Bonchev–Trinajstić information content (AvgIpc) is 3.43. The summed E-state index contributed by atoms with van der Waals surface area (Å²) in [5, 5.41) is 3.67. The summed E-state index contributed by atoms with van der Waals surface area (Å²) in [6.45, 7) is 9.10. The van der Waals surface area contributed by atoms with Crippen LogP contribution in [0.2, 0.25) is 19.6 Å². The van der Waals surface area contributed by atoms with Crippen molar-refractivity contribution in [2.75, 3.05) is 0 Å². The number of nitrogens with zero attached hydrogens (tertiary/aromatic N) is 2. The molecule has 7 rings (SSSR count). The van der Waals surface area contributed by atoms with E-state index in [1.807, 2.05) is 72.9 Å². The molecule has 5 heteroatoms. The maximum Gasteiger partial charge on any atom is 0.120 e. The summed E-state index contributed by atoms with van der Waals surface area (Å²) < 4.78 is 6.15. The molecule has 0 aliphatic heterocycles. The Labute approximate surface area is 268 Å². The van der Waals surface area contributed by atoms with Crippen LogP contribution in [0.4, 0.5) is 0 Å². The van der Waals surface area contributed by atoms with Crippen molar-refractivity contribution in [2.24, 2.45) is 0 Å². The number of pyridine rings is 2. The monoisotopic (exact) mass is 753 g/mol. The Kier molecular flexibility index (Phi) is 9.17. The number of hydrogen-bond donors (Lipinski definition) is 0. The standard InChI is InChI=1S/C21H20NOSi.C17H12N.Ir/c1-14-9-11-16(18-12-10-15(13-22-18)24(2,3)4)21-20(14)17-7-5-6-8-19(17)23-21;1-2-7-14(8-3-1)15-9-6-10-16(13-15)17-11-4-5-12-18-17;/h5-10,12-13H,1-4H3;1-9,11-13H;/q2*-1;. The molecular weight excluding hydrogens is 721 g/mol. The fourth-order valence-corrected chi connectivity index (χ4v) is 6.09. The number of benzene rings is 4. The Morgan fingerprint density at radius 3 is 2.21 bits per heavy atom. The molecule has 3 aromatic heterocycles. The molecule has 0 N–H and O–H groups in total. The summed E-state index contributed by atoms with van der Waals surface area (Å²) >= 11 is 0. The second-order valence-corrected chi connectivity index (χ2v) is 16.5. The molecule has 0 unspecified atom stereocenters. The molecule has 0 spiro atoms. The van der Waals surface area contributed by atoms with E-state index in [2.05, 4.69) is 86.1 Å². The molecule has 7 aromatic rings. The molecule has 0 saturated heterocycles. The Hall–Kier alpha value is -4.15. The van der Waals surface area contributed by atoms with Crippen LogP contribution >= 0.6 is 0 Å². The molecular formula is C38H32IrN2OSi-2. The summed E-state index contributed by atoms with van der Waals surface area (Å²) in [4.78, 5) is 9.06. The number of hydrogen-bond acceptors (Lipinski definition) is 3. The van der Waals surface area contributed by atoms with Gasteiger partial charge in [0.1, 0.15) is 5.58 Å². The van der Waals surface area contributed by atoms with Gasteiger partial charge in [-0.25, -0.2) is 0 Å². The Bertz CT molecular complexity index is 1910. The van der Waals surface area contributed by atoms with E-state index < -0.39 is 8.07 Å². The molecule has 0 aliphatic carbocycles. The SMILES string of the molecule is Cc1c[c-]c(-c2ccc([Si](C)(C)C)cn2)c2oc3ccccc3c12.[Ir].[c-]1ccc(-c2ccccc2)cc1-c1ccccn1. The van der Waals surface area contributed by atoms with Crippen molar-refractivity contribution in [3.05, 3.63) is 139 Å². The first-order valence-corrected chi connectivity index (χ1v) is 17.7. The maximum absolute atomic E-state index is 6.15. The minimum atomic E-state index is -1.34. The predicted octanol–water partition coefficient (Wildman–Crippen LogP) is 9.52. The van der Waals surface area contributed by atoms with Crippen LogP contribution in [0.5, 0.6) is 0 Å². The smallest absolute Gasteiger partial charge is 0.120 e. The first-order valence-electron chi connectivity index (χ1n) is 14.2. The Morgan fingerprint density at radius 2 is 1.49 bits per heavy atom. The molecule has 0 bridgehead atoms. The van der Waals surface area contributed by atoms with Gasteiger partial charge in [0.2, 0.25) is 0 Å². The van der Waals surface area contributed by atoms with Crippen LogP contribution in [0.1, 0.15) is 5.56 Å². The summed E-state index contributed by atoms with van der Waals surface area (Å²) in [7, 11) is -1.34. The van der Waals surface area contributed by atoms with E-state index in [4.69, 9.17) is 9.40 Å². The largest absolute Gasteiger partial charge is 0.501 e. The van der Waals surface area contributed by atoms with E-state index in [0.717, 1.165) is 44.5 Å². The molecule has 4 aromatic carbocycles. The Morgan fingerprint density at radius 1 is 0.721 bits per heavy atom. The van der Waals surface area contributed by atoms with Crippen LogP contribution in [0.3, 0.4) is 0 Å². The molecule has 0 atom stereocenters. The number of furan rings is 1. The summed E-state index contributed by atoms with van der Waals surface area (Å²) in [6, 6.07) is 43.5. The molecule has 3 nitrogen and oxygen atoms in total. The van der Waals surface area contributed by atoms with Crippen molar-refractivity contribution in [1.82, 2.24) is 9.97 Å². The molecule has 215 valence electrons. The average molecular weight is 753 g/mol. The minimum Gasteiger partial charge on any atom is -0.501 e. The molecule has 0 aliphatic rings. The van der Waals surface area contributed by atoms with Crippen LogP contribution < -0.4 is 5.19 Å². The first kappa shape index (κ1) is 30.3. The molecule has 0 amide bonds. The van der Waals surface area contributed by atoms with Crippen molar-refractivity contribution in [1.29, 1.82) is 0 Å². The molecule has 0 fully saturated rings. The van der Waals surface area contributed by atoms with Gasteiger partial charge in [-0.05, 0) is 34.3 Å². The van der Waals surface area contributed by atoms with Crippen molar-refractivity contribution < 1.29 is 24.5 Å². The quantitative estimate of drug-likeness (QED) is 0.133. The van der Waals surface area contributed by atoms with Gasteiger partial charge in [0.15, 0.2) is 0 Å². The van der Waals surface area contributed by atoms with Gasteiger partial charge in [0, 0.05) is 37.9 Å². The number of fused-ring (bicyclic) bond motifs is 3.